The lowest BCUT2D eigenvalue weighted by Gasteiger charge is -2.17. The molecule has 4 nitrogen and oxygen atoms in total. The Kier molecular flexibility index (Phi) is 5.17. The Morgan fingerprint density at radius 3 is 2.38 bits per heavy atom. The zero-order valence-electron chi connectivity index (χ0n) is 16.7. The molecule has 29 heavy (non-hydrogen) atoms. The molecule has 0 unspecified atom stereocenters. The largest absolute Gasteiger partial charge is 0.322 e. The Balaban J connectivity index is 1.51. The molecular weight excluding hydrogens is 360 g/mol. The number of rotatable bonds is 4. The van der Waals surface area contributed by atoms with Crippen LogP contribution in [0.4, 0.5) is 11.4 Å². The molecule has 0 fully saturated rings. The maximum absolute atomic E-state index is 13.0. The van der Waals surface area contributed by atoms with Crippen molar-refractivity contribution < 1.29 is 9.59 Å². The van der Waals surface area contributed by atoms with E-state index in [0.717, 1.165) is 17.8 Å². The van der Waals surface area contributed by atoms with Gasteiger partial charge in [-0.3, -0.25) is 9.59 Å². The van der Waals surface area contributed by atoms with Crippen LogP contribution < -0.4 is 10.2 Å². The number of benzene rings is 3. The molecule has 0 saturated heterocycles. The number of anilines is 2. The molecule has 0 atom stereocenters. The number of amides is 2. The molecule has 2 amide bonds. The number of hydrogen-bond acceptors (Lipinski definition) is 2. The fourth-order valence-electron chi connectivity index (χ4n) is 3.65. The molecule has 0 aliphatic carbocycles. The molecule has 1 heterocycles. The molecule has 0 saturated carbocycles. The van der Waals surface area contributed by atoms with Gasteiger partial charge in [-0.2, -0.15) is 0 Å². The standard InChI is InChI=1S/C25H24N2O2/c1-17(2)18-10-12-22(13-11-18)26-24(28)20-7-5-8-21(16-20)25(29)27-15-14-19-6-3-4-9-23(19)27/h3-13,16-17H,14-15H2,1-2H3,(H,26,28). The van der Waals surface area contributed by atoms with E-state index in [0.29, 0.717) is 23.6 Å². The number of carbonyl (C=O) groups is 2. The lowest BCUT2D eigenvalue weighted by molar-refractivity contribution is 0.0989. The van der Waals surface area contributed by atoms with Crippen molar-refractivity contribution in [2.45, 2.75) is 26.2 Å². The third-order valence-corrected chi connectivity index (χ3v) is 5.34. The van der Waals surface area contributed by atoms with Crippen LogP contribution in [0.1, 0.15) is 51.6 Å². The Morgan fingerprint density at radius 1 is 0.897 bits per heavy atom. The van der Waals surface area contributed by atoms with Gasteiger partial charge in [0.15, 0.2) is 0 Å². The van der Waals surface area contributed by atoms with E-state index in [-0.39, 0.29) is 11.8 Å². The highest BCUT2D eigenvalue weighted by Gasteiger charge is 2.25. The van der Waals surface area contributed by atoms with E-state index < -0.39 is 0 Å². The minimum atomic E-state index is -0.223. The fraction of sp³-hybridized carbons (Fsp3) is 0.200. The summed E-state index contributed by atoms with van der Waals surface area (Å²) < 4.78 is 0. The van der Waals surface area contributed by atoms with E-state index in [4.69, 9.17) is 0 Å². The number of hydrogen-bond donors (Lipinski definition) is 1. The first-order valence-corrected chi connectivity index (χ1v) is 9.94. The molecule has 0 bridgehead atoms. The molecule has 1 aliphatic rings. The number of para-hydroxylation sites is 1. The molecule has 4 heteroatoms. The summed E-state index contributed by atoms with van der Waals surface area (Å²) in [5.41, 5.74) is 5.09. The lowest BCUT2D eigenvalue weighted by Crippen LogP contribution is -2.29. The van der Waals surface area contributed by atoms with Crippen LogP contribution in [0, 0.1) is 0 Å². The SMILES string of the molecule is CC(C)c1ccc(NC(=O)c2cccc(C(=O)N3CCc4ccccc43)c2)cc1. The Hall–Kier alpha value is -3.40. The minimum Gasteiger partial charge on any atom is -0.322 e. The van der Waals surface area contributed by atoms with E-state index in [1.165, 1.54) is 11.1 Å². The van der Waals surface area contributed by atoms with Crippen molar-refractivity contribution in [3.05, 3.63) is 95.1 Å². The van der Waals surface area contributed by atoms with Crippen molar-refractivity contribution in [1.29, 1.82) is 0 Å². The molecule has 0 radical (unpaired) electrons. The van der Waals surface area contributed by atoms with Gasteiger partial charge in [0.05, 0.1) is 0 Å². The summed E-state index contributed by atoms with van der Waals surface area (Å²) >= 11 is 0. The maximum Gasteiger partial charge on any atom is 0.258 e. The number of nitrogens with one attached hydrogen (secondary N) is 1. The molecular formula is C25H24N2O2. The molecule has 146 valence electrons. The molecule has 4 rings (SSSR count). The van der Waals surface area contributed by atoms with Gasteiger partial charge in [0, 0.05) is 29.0 Å². The van der Waals surface area contributed by atoms with Gasteiger partial charge in [-0.05, 0) is 59.9 Å². The summed E-state index contributed by atoms with van der Waals surface area (Å²) in [5, 5.41) is 2.91. The topological polar surface area (TPSA) is 49.4 Å². The van der Waals surface area contributed by atoms with E-state index >= 15 is 0 Å². The molecule has 3 aromatic rings. The van der Waals surface area contributed by atoms with E-state index in [9.17, 15) is 9.59 Å². The maximum atomic E-state index is 13.0. The van der Waals surface area contributed by atoms with Gasteiger partial charge in [-0.15, -0.1) is 0 Å². The van der Waals surface area contributed by atoms with Crippen LogP contribution >= 0.6 is 0 Å². The van der Waals surface area contributed by atoms with Gasteiger partial charge < -0.3 is 10.2 Å². The summed E-state index contributed by atoms with van der Waals surface area (Å²) in [6.07, 6.45) is 0.856. The predicted octanol–water partition coefficient (Wildman–Crippen LogP) is 5.27. The second kappa shape index (κ2) is 7.92. The average Bonchev–Trinajstić information content (AvgIpc) is 3.18. The van der Waals surface area contributed by atoms with E-state index in [2.05, 4.69) is 25.2 Å². The highest BCUT2D eigenvalue weighted by Crippen LogP contribution is 2.29. The van der Waals surface area contributed by atoms with Gasteiger partial charge in [0.2, 0.25) is 0 Å². The molecule has 0 spiro atoms. The zero-order chi connectivity index (χ0) is 20.4. The van der Waals surface area contributed by atoms with Crippen LogP contribution in [0.2, 0.25) is 0 Å². The van der Waals surface area contributed by atoms with Crippen LogP contribution in [-0.4, -0.2) is 18.4 Å². The Morgan fingerprint density at radius 2 is 1.62 bits per heavy atom. The first-order chi connectivity index (χ1) is 14.0. The van der Waals surface area contributed by atoms with Crippen molar-refractivity contribution in [3.63, 3.8) is 0 Å². The van der Waals surface area contributed by atoms with Gasteiger partial charge in [0.25, 0.3) is 11.8 Å². The molecule has 3 aromatic carbocycles. The second-order valence-electron chi connectivity index (χ2n) is 7.65. The van der Waals surface area contributed by atoms with Gasteiger partial charge in [-0.1, -0.05) is 50.2 Å². The summed E-state index contributed by atoms with van der Waals surface area (Å²) in [5.74, 6) is 0.141. The third-order valence-electron chi connectivity index (χ3n) is 5.34. The fourth-order valence-corrected chi connectivity index (χ4v) is 3.65. The van der Waals surface area contributed by atoms with Crippen molar-refractivity contribution in [1.82, 2.24) is 0 Å². The number of nitrogens with zero attached hydrogens (tertiary/aromatic N) is 1. The first-order valence-electron chi connectivity index (χ1n) is 9.94. The van der Waals surface area contributed by atoms with E-state index in [1.54, 1.807) is 29.2 Å². The predicted molar refractivity (Wildman–Crippen MR) is 117 cm³/mol. The Bertz CT molecular complexity index is 1050. The summed E-state index contributed by atoms with van der Waals surface area (Å²) in [6.45, 7) is 4.93. The van der Waals surface area contributed by atoms with E-state index in [1.807, 2.05) is 42.5 Å². The summed E-state index contributed by atoms with van der Waals surface area (Å²) in [4.78, 5) is 27.5. The van der Waals surface area contributed by atoms with Gasteiger partial charge in [0.1, 0.15) is 0 Å². The van der Waals surface area contributed by atoms with Crippen LogP contribution in [0.5, 0.6) is 0 Å². The number of fused-ring (bicyclic) bond motifs is 1. The highest BCUT2D eigenvalue weighted by atomic mass is 16.2. The molecule has 0 aromatic heterocycles. The van der Waals surface area contributed by atoms with Gasteiger partial charge in [-0.25, -0.2) is 0 Å². The monoisotopic (exact) mass is 384 g/mol. The molecule has 1 aliphatic heterocycles. The zero-order valence-corrected chi connectivity index (χ0v) is 16.7. The van der Waals surface area contributed by atoms with Crippen molar-refractivity contribution in [3.8, 4) is 0 Å². The van der Waals surface area contributed by atoms with Crippen LogP contribution in [0.25, 0.3) is 0 Å². The summed E-state index contributed by atoms with van der Waals surface area (Å²) in [7, 11) is 0. The van der Waals surface area contributed by atoms with Crippen molar-refractivity contribution in [2.24, 2.45) is 0 Å². The van der Waals surface area contributed by atoms with Crippen molar-refractivity contribution >= 4 is 23.2 Å². The minimum absolute atomic E-state index is 0.0779. The van der Waals surface area contributed by atoms with Crippen LogP contribution in [-0.2, 0) is 6.42 Å². The van der Waals surface area contributed by atoms with Gasteiger partial charge >= 0.3 is 0 Å². The van der Waals surface area contributed by atoms with Crippen molar-refractivity contribution in [2.75, 3.05) is 16.8 Å². The smallest absolute Gasteiger partial charge is 0.258 e. The number of carbonyl (C=O) groups excluding carboxylic acids is 2. The third kappa shape index (κ3) is 3.92. The van der Waals surface area contributed by atoms with Crippen LogP contribution in [0.3, 0.4) is 0 Å². The Labute approximate surface area is 171 Å². The second-order valence-corrected chi connectivity index (χ2v) is 7.65. The summed E-state index contributed by atoms with van der Waals surface area (Å²) in [6, 6.07) is 22.7. The average molecular weight is 384 g/mol. The lowest BCUT2D eigenvalue weighted by atomic mass is 10.0. The van der Waals surface area contributed by atoms with Crippen LogP contribution in [0.15, 0.2) is 72.8 Å². The highest BCUT2D eigenvalue weighted by molar-refractivity contribution is 6.10. The first kappa shape index (κ1) is 18.9. The normalized spacial score (nSPS) is 12.7. The quantitative estimate of drug-likeness (QED) is 0.666. The molecule has 1 N–H and O–H groups in total.